The molecule has 0 aromatic rings. The van der Waals surface area contributed by atoms with Gasteiger partial charge in [-0.25, -0.2) is 0 Å². The van der Waals surface area contributed by atoms with Gasteiger partial charge in [-0.1, -0.05) is 137 Å². The molecule has 2 nitrogen and oxygen atoms in total. The van der Waals surface area contributed by atoms with Crippen LogP contribution in [0.1, 0.15) is 156 Å². The molecule has 2 heteroatoms. The summed E-state index contributed by atoms with van der Waals surface area (Å²) in [6.45, 7) is 9.42. The van der Waals surface area contributed by atoms with Crippen LogP contribution in [0.15, 0.2) is 0 Å². The van der Waals surface area contributed by atoms with Crippen LogP contribution in [0.3, 0.4) is 0 Å². The van der Waals surface area contributed by atoms with Crippen molar-refractivity contribution in [2.75, 3.05) is 6.61 Å². The minimum absolute atomic E-state index is 0.0314. The normalized spacial score (nSPS) is 13.3. The number of hydrogen-bond acceptors (Lipinski definition) is 2. The van der Waals surface area contributed by atoms with Crippen molar-refractivity contribution in [2.45, 2.75) is 156 Å². The van der Waals surface area contributed by atoms with Crippen LogP contribution in [0.4, 0.5) is 0 Å². The lowest BCUT2D eigenvalue weighted by molar-refractivity contribution is -0.149. The van der Waals surface area contributed by atoms with Crippen LogP contribution in [-0.2, 0) is 9.53 Å². The van der Waals surface area contributed by atoms with Gasteiger partial charge in [-0.2, -0.15) is 0 Å². The van der Waals surface area contributed by atoms with Gasteiger partial charge in [0, 0.05) is 0 Å². The molecule has 2 atom stereocenters. The largest absolute Gasteiger partial charge is 0.465 e. The zero-order valence-electron chi connectivity index (χ0n) is 21.3. The van der Waals surface area contributed by atoms with E-state index >= 15 is 0 Å². The van der Waals surface area contributed by atoms with Gasteiger partial charge in [0.05, 0.1) is 12.5 Å². The number of unbranched alkanes of at least 4 members (excludes halogenated alkanes) is 14. The van der Waals surface area contributed by atoms with E-state index in [1.807, 2.05) is 6.92 Å². The second kappa shape index (κ2) is 23.1. The molecule has 0 aromatic carbocycles. The van der Waals surface area contributed by atoms with Gasteiger partial charge in [-0.3, -0.25) is 4.79 Å². The minimum atomic E-state index is 0.0314. The first-order valence-electron chi connectivity index (χ1n) is 13.8. The Morgan fingerprint density at radius 1 is 0.567 bits per heavy atom. The zero-order chi connectivity index (χ0) is 22.3. The van der Waals surface area contributed by atoms with Gasteiger partial charge < -0.3 is 4.74 Å². The molecule has 0 saturated carbocycles. The molecule has 0 aliphatic rings. The molecular formula is C28H56O2. The molecule has 0 bridgehead atoms. The molecule has 0 rings (SSSR count). The Balaban J connectivity index is 4.10. The first-order valence-corrected chi connectivity index (χ1v) is 13.8. The maximum absolute atomic E-state index is 12.3. The SMILES string of the molecule is CCCCCCCCCCC(CCCCCCCCC)COC(=O)C(C)CCCC. The topological polar surface area (TPSA) is 26.3 Å². The Morgan fingerprint density at radius 3 is 1.40 bits per heavy atom. The fraction of sp³-hybridized carbons (Fsp3) is 0.964. The van der Waals surface area contributed by atoms with Crippen molar-refractivity contribution in [2.24, 2.45) is 11.8 Å². The molecule has 180 valence electrons. The van der Waals surface area contributed by atoms with Crippen LogP contribution in [0.25, 0.3) is 0 Å². The fourth-order valence-corrected chi connectivity index (χ4v) is 4.24. The van der Waals surface area contributed by atoms with Crippen molar-refractivity contribution in [3.63, 3.8) is 0 Å². The van der Waals surface area contributed by atoms with Gasteiger partial charge in [0.15, 0.2) is 0 Å². The lowest BCUT2D eigenvalue weighted by Gasteiger charge is -2.19. The van der Waals surface area contributed by atoms with Crippen LogP contribution in [-0.4, -0.2) is 12.6 Å². The summed E-state index contributed by atoms with van der Waals surface area (Å²) in [5.74, 6) is 0.666. The van der Waals surface area contributed by atoms with Crippen molar-refractivity contribution in [3.8, 4) is 0 Å². The number of hydrogen-bond donors (Lipinski definition) is 0. The third kappa shape index (κ3) is 19.4. The van der Waals surface area contributed by atoms with Gasteiger partial charge in [0.2, 0.25) is 0 Å². The van der Waals surface area contributed by atoms with E-state index in [0.717, 1.165) is 19.3 Å². The Bertz CT molecular complexity index is 353. The monoisotopic (exact) mass is 424 g/mol. The molecule has 0 N–H and O–H groups in total. The lowest BCUT2D eigenvalue weighted by atomic mass is 9.94. The second-order valence-electron chi connectivity index (χ2n) is 9.71. The van der Waals surface area contributed by atoms with Crippen molar-refractivity contribution >= 4 is 5.97 Å². The van der Waals surface area contributed by atoms with Crippen molar-refractivity contribution < 1.29 is 9.53 Å². The van der Waals surface area contributed by atoms with Crippen molar-refractivity contribution in [1.29, 1.82) is 0 Å². The average molecular weight is 425 g/mol. The zero-order valence-corrected chi connectivity index (χ0v) is 21.3. The molecule has 0 saturated heterocycles. The fourth-order valence-electron chi connectivity index (χ4n) is 4.24. The summed E-state index contributed by atoms with van der Waals surface area (Å²) in [5, 5.41) is 0. The van der Waals surface area contributed by atoms with Crippen LogP contribution in [0.2, 0.25) is 0 Å². The second-order valence-corrected chi connectivity index (χ2v) is 9.71. The van der Waals surface area contributed by atoms with Gasteiger partial charge in [0.25, 0.3) is 0 Å². The number of esters is 1. The summed E-state index contributed by atoms with van der Waals surface area (Å²) >= 11 is 0. The molecule has 0 fully saturated rings. The number of ether oxygens (including phenoxy) is 1. The van der Waals surface area contributed by atoms with Crippen LogP contribution in [0, 0.1) is 11.8 Å². The Morgan fingerprint density at radius 2 is 0.967 bits per heavy atom. The molecule has 0 radical (unpaired) electrons. The molecule has 0 aromatic heterocycles. The minimum Gasteiger partial charge on any atom is -0.465 e. The molecule has 0 aliphatic heterocycles. The smallest absolute Gasteiger partial charge is 0.308 e. The van der Waals surface area contributed by atoms with E-state index in [1.54, 1.807) is 0 Å². The van der Waals surface area contributed by atoms with Gasteiger partial charge >= 0.3 is 5.97 Å². The van der Waals surface area contributed by atoms with E-state index in [2.05, 4.69) is 20.8 Å². The maximum atomic E-state index is 12.3. The van der Waals surface area contributed by atoms with E-state index in [-0.39, 0.29) is 11.9 Å². The van der Waals surface area contributed by atoms with E-state index < -0.39 is 0 Å². The quantitative estimate of drug-likeness (QED) is 0.120. The van der Waals surface area contributed by atoms with Gasteiger partial charge in [-0.15, -0.1) is 0 Å². The predicted octanol–water partition coefficient (Wildman–Crippen LogP) is 9.64. The summed E-state index contributed by atoms with van der Waals surface area (Å²) in [6.07, 6.45) is 26.2. The Labute approximate surface area is 190 Å². The highest BCUT2D eigenvalue weighted by Gasteiger charge is 2.17. The van der Waals surface area contributed by atoms with E-state index in [9.17, 15) is 4.79 Å². The maximum Gasteiger partial charge on any atom is 0.308 e. The standard InChI is InChI=1S/C28H56O2/c1-5-8-11-13-15-17-19-21-24-27(23-20-18-16-14-12-9-6-2)25-30-28(29)26(4)22-10-7-3/h26-27H,5-25H2,1-4H3. The van der Waals surface area contributed by atoms with E-state index in [0.29, 0.717) is 12.5 Å². The summed E-state index contributed by atoms with van der Waals surface area (Å²) in [5.41, 5.74) is 0. The molecule has 2 unspecified atom stereocenters. The van der Waals surface area contributed by atoms with Crippen LogP contribution >= 0.6 is 0 Å². The number of carbonyl (C=O) groups excluding carboxylic acids is 1. The average Bonchev–Trinajstić information content (AvgIpc) is 2.75. The molecule has 0 heterocycles. The summed E-state index contributed by atoms with van der Waals surface area (Å²) in [6, 6.07) is 0. The van der Waals surface area contributed by atoms with Crippen molar-refractivity contribution in [1.82, 2.24) is 0 Å². The summed E-state index contributed by atoms with van der Waals surface area (Å²) in [7, 11) is 0. The molecular weight excluding hydrogens is 368 g/mol. The highest BCUT2D eigenvalue weighted by atomic mass is 16.5. The highest BCUT2D eigenvalue weighted by Crippen LogP contribution is 2.21. The molecule has 30 heavy (non-hydrogen) atoms. The molecule has 0 aliphatic carbocycles. The predicted molar refractivity (Wildman–Crippen MR) is 133 cm³/mol. The Hall–Kier alpha value is -0.530. The van der Waals surface area contributed by atoms with Crippen molar-refractivity contribution in [3.05, 3.63) is 0 Å². The number of rotatable bonds is 23. The summed E-state index contributed by atoms with van der Waals surface area (Å²) < 4.78 is 5.76. The van der Waals surface area contributed by atoms with Gasteiger partial charge in [-0.05, 0) is 25.2 Å². The van der Waals surface area contributed by atoms with Gasteiger partial charge in [0.1, 0.15) is 0 Å². The third-order valence-electron chi connectivity index (χ3n) is 6.54. The lowest BCUT2D eigenvalue weighted by Crippen LogP contribution is -2.19. The van der Waals surface area contributed by atoms with Crippen LogP contribution < -0.4 is 0 Å². The summed E-state index contributed by atoms with van der Waals surface area (Å²) in [4.78, 5) is 12.3. The molecule has 0 amide bonds. The first kappa shape index (κ1) is 29.5. The van der Waals surface area contributed by atoms with E-state index in [4.69, 9.17) is 4.74 Å². The highest BCUT2D eigenvalue weighted by molar-refractivity contribution is 5.71. The van der Waals surface area contributed by atoms with Crippen LogP contribution in [0.5, 0.6) is 0 Å². The Kier molecular flexibility index (Phi) is 22.7. The molecule has 0 spiro atoms. The first-order chi connectivity index (χ1) is 14.7. The third-order valence-corrected chi connectivity index (χ3v) is 6.54. The number of carbonyl (C=O) groups is 1. The van der Waals surface area contributed by atoms with E-state index in [1.165, 1.54) is 109 Å².